The summed E-state index contributed by atoms with van der Waals surface area (Å²) in [6.07, 6.45) is 2.76. The zero-order chi connectivity index (χ0) is 24.6. The molecule has 3 aliphatic rings. The predicted molar refractivity (Wildman–Crippen MR) is 138 cm³/mol. The lowest BCUT2D eigenvalue weighted by atomic mass is 9.72. The number of carbonyl (C=O) groups is 2. The summed E-state index contributed by atoms with van der Waals surface area (Å²) in [4.78, 5) is 29.2. The van der Waals surface area contributed by atoms with Crippen molar-refractivity contribution in [3.63, 3.8) is 0 Å². The number of amides is 2. The van der Waals surface area contributed by atoms with Gasteiger partial charge in [-0.1, -0.05) is 30.3 Å². The van der Waals surface area contributed by atoms with E-state index >= 15 is 0 Å². The molecule has 0 radical (unpaired) electrons. The van der Waals surface area contributed by atoms with Crippen LogP contribution >= 0.6 is 0 Å². The van der Waals surface area contributed by atoms with Crippen LogP contribution in [0, 0.1) is 0 Å². The van der Waals surface area contributed by atoms with Crippen molar-refractivity contribution in [2.24, 2.45) is 0 Å². The van der Waals surface area contributed by atoms with Gasteiger partial charge in [-0.25, -0.2) is 4.90 Å². The average molecular weight is 474 g/mol. The summed E-state index contributed by atoms with van der Waals surface area (Å²) in [5.74, 6) is 0.551. The van der Waals surface area contributed by atoms with E-state index < -0.39 is 0 Å². The van der Waals surface area contributed by atoms with Crippen LogP contribution in [0.5, 0.6) is 11.5 Å². The van der Waals surface area contributed by atoms with E-state index in [4.69, 9.17) is 4.74 Å². The van der Waals surface area contributed by atoms with Crippen LogP contribution in [-0.4, -0.2) is 24.0 Å². The minimum atomic E-state index is -0.247. The van der Waals surface area contributed by atoms with E-state index in [1.807, 2.05) is 36.4 Å². The number of carbonyl (C=O) groups excluding carboxylic acids is 2. The van der Waals surface area contributed by atoms with Crippen LogP contribution in [0.25, 0.3) is 22.3 Å². The SMILES string of the molecule is COc1ccc2c(c1)CCc1c3c(c4c(c1-2)-c1ccc(O)cc1CC4)C(=O)N(c1ccccc1)C3=O. The van der Waals surface area contributed by atoms with Crippen LogP contribution in [0.15, 0.2) is 66.7 Å². The summed E-state index contributed by atoms with van der Waals surface area (Å²) in [6, 6.07) is 20.7. The molecule has 1 N–H and O–H groups in total. The van der Waals surface area contributed by atoms with Gasteiger partial charge in [0.25, 0.3) is 11.8 Å². The highest BCUT2D eigenvalue weighted by atomic mass is 16.5. The van der Waals surface area contributed by atoms with Crippen molar-refractivity contribution in [3.8, 4) is 33.8 Å². The molecule has 0 atom stereocenters. The van der Waals surface area contributed by atoms with Crippen LogP contribution in [0.4, 0.5) is 5.69 Å². The summed E-state index contributed by atoms with van der Waals surface area (Å²) in [7, 11) is 1.67. The first-order valence-corrected chi connectivity index (χ1v) is 12.2. The molecule has 5 heteroatoms. The van der Waals surface area contributed by atoms with Gasteiger partial charge in [-0.05, 0) is 107 Å². The maximum atomic E-state index is 13.9. The van der Waals surface area contributed by atoms with Gasteiger partial charge in [-0.15, -0.1) is 0 Å². The Labute approximate surface area is 208 Å². The Hall–Kier alpha value is -4.38. The standard InChI is InChI=1S/C31H23NO4/c1-36-21-10-14-23-18(16-21)8-12-25-27(23)26-22-13-9-20(33)15-17(22)7-11-24(26)28-29(25)31(35)32(30(28)34)19-5-3-2-4-6-19/h2-6,9-10,13-16,33H,7-8,11-12H2,1H3. The Morgan fingerprint density at radius 1 is 0.694 bits per heavy atom. The maximum Gasteiger partial charge on any atom is 0.266 e. The minimum absolute atomic E-state index is 0.235. The van der Waals surface area contributed by atoms with E-state index in [1.165, 1.54) is 10.5 Å². The van der Waals surface area contributed by atoms with Crippen LogP contribution in [0.2, 0.25) is 0 Å². The number of methoxy groups -OCH3 is 1. The topological polar surface area (TPSA) is 66.8 Å². The van der Waals surface area contributed by atoms with Gasteiger partial charge >= 0.3 is 0 Å². The molecule has 1 heterocycles. The molecular weight excluding hydrogens is 450 g/mol. The fraction of sp³-hybridized carbons (Fsp3) is 0.161. The molecule has 36 heavy (non-hydrogen) atoms. The van der Waals surface area contributed by atoms with Crippen molar-refractivity contribution in [2.75, 3.05) is 12.0 Å². The summed E-state index contributed by atoms with van der Waals surface area (Å²) < 4.78 is 5.49. The zero-order valence-corrected chi connectivity index (χ0v) is 19.8. The lowest BCUT2D eigenvalue weighted by molar-refractivity contribution is 0.0925. The number of phenols is 1. The van der Waals surface area contributed by atoms with E-state index in [9.17, 15) is 14.7 Å². The number of ether oxygens (including phenoxy) is 1. The molecule has 1 aliphatic heterocycles. The monoisotopic (exact) mass is 473 g/mol. The highest BCUT2D eigenvalue weighted by Crippen LogP contribution is 2.51. The zero-order valence-electron chi connectivity index (χ0n) is 19.8. The highest BCUT2D eigenvalue weighted by molar-refractivity contribution is 6.36. The van der Waals surface area contributed by atoms with Crippen molar-refractivity contribution in [1.29, 1.82) is 0 Å². The number of phenolic OH excluding ortho intramolecular Hbond substituents is 1. The van der Waals surface area contributed by atoms with Gasteiger partial charge in [0.2, 0.25) is 0 Å². The number of imide groups is 1. The van der Waals surface area contributed by atoms with Crippen LogP contribution < -0.4 is 9.64 Å². The van der Waals surface area contributed by atoms with Crippen molar-refractivity contribution in [2.45, 2.75) is 25.7 Å². The molecule has 0 saturated carbocycles. The molecule has 5 nitrogen and oxygen atoms in total. The van der Waals surface area contributed by atoms with Gasteiger partial charge in [0.15, 0.2) is 0 Å². The fourth-order valence-corrected chi connectivity index (χ4v) is 6.25. The quantitative estimate of drug-likeness (QED) is 0.378. The first kappa shape index (κ1) is 20.9. The van der Waals surface area contributed by atoms with Crippen molar-refractivity contribution >= 4 is 17.5 Å². The second kappa shape index (κ2) is 7.56. The largest absolute Gasteiger partial charge is 0.508 e. The van der Waals surface area contributed by atoms with Crippen LogP contribution in [0.3, 0.4) is 0 Å². The van der Waals surface area contributed by atoms with E-state index in [0.717, 1.165) is 51.1 Å². The molecule has 0 fully saturated rings. The molecule has 7 rings (SSSR count). The van der Waals surface area contributed by atoms with Crippen molar-refractivity contribution < 1.29 is 19.4 Å². The van der Waals surface area contributed by atoms with E-state index in [1.54, 1.807) is 25.3 Å². The fourth-order valence-electron chi connectivity index (χ4n) is 6.25. The number of para-hydroxylation sites is 1. The lowest BCUT2D eigenvalue weighted by Crippen LogP contribution is -2.29. The second-order valence-corrected chi connectivity index (χ2v) is 9.60. The molecule has 2 amide bonds. The van der Waals surface area contributed by atoms with Gasteiger partial charge in [0.05, 0.1) is 23.9 Å². The van der Waals surface area contributed by atoms with E-state index in [0.29, 0.717) is 36.1 Å². The Kier molecular flexibility index (Phi) is 4.40. The second-order valence-electron chi connectivity index (χ2n) is 9.60. The molecule has 0 spiro atoms. The number of hydrogen-bond acceptors (Lipinski definition) is 4. The maximum absolute atomic E-state index is 13.9. The van der Waals surface area contributed by atoms with Crippen LogP contribution in [0.1, 0.15) is 43.0 Å². The van der Waals surface area contributed by atoms with Gasteiger partial charge in [0.1, 0.15) is 11.5 Å². The summed E-state index contributed by atoms with van der Waals surface area (Å²) in [5, 5.41) is 10.2. The number of aryl methyl sites for hydroxylation is 2. The van der Waals surface area contributed by atoms with Gasteiger partial charge in [0, 0.05) is 0 Å². The van der Waals surface area contributed by atoms with Crippen molar-refractivity contribution in [1.82, 2.24) is 0 Å². The highest BCUT2D eigenvalue weighted by Gasteiger charge is 2.44. The summed E-state index contributed by atoms with van der Waals surface area (Å²) in [6.45, 7) is 0. The van der Waals surface area contributed by atoms with Crippen molar-refractivity contribution in [3.05, 3.63) is 100 Å². The molecule has 0 bridgehead atoms. The third-order valence-electron chi connectivity index (χ3n) is 7.78. The number of benzene rings is 4. The van der Waals surface area contributed by atoms with E-state index in [2.05, 4.69) is 12.1 Å². The summed E-state index contributed by atoms with van der Waals surface area (Å²) in [5.41, 5.74) is 9.96. The molecule has 0 aromatic heterocycles. The number of fused-ring (bicyclic) bond motifs is 10. The third kappa shape index (κ3) is 2.77. The molecule has 4 aromatic rings. The third-order valence-corrected chi connectivity index (χ3v) is 7.78. The molecular formula is C31H23NO4. The minimum Gasteiger partial charge on any atom is -0.508 e. The molecule has 176 valence electrons. The summed E-state index contributed by atoms with van der Waals surface area (Å²) >= 11 is 0. The molecule has 4 aromatic carbocycles. The Morgan fingerprint density at radius 3 is 1.89 bits per heavy atom. The smallest absolute Gasteiger partial charge is 0.266 e. The number of nitrogens with zero attached hydrogens (tertiary/aromatic N) is 1. The normalized spacial score (nSPS) is 15.1. The van der Waals surface area contributed by atoms with Gasteiger partial charge in [-0.3, -0.25) is 9.59 Å². The number of anilines is 1. The number of aromatic hydroxyl groups is 1. The molecule has 0 saturated heterocycles. The van der Waals surface area contributed by atoms with Crippen LogP contribution in [-0.2, 0) is 25.7 Å². The van der Waals surface area contributed by atoms with Gasteiger partial charge < -0.3 is 9.84 Å². The van der Waals surface area contributed by atoms with E-state index in [-0.39, 0.29) is 17.6 Å². The first-order chi connectivity index (χ1) is 17.6. The molecule has 2 aliphatic carbocycles. The first-order valence-electron chi connectivity index (χ1n) is 12.2. The van der Waals surface area contributed by atoms with Gasteiger partial charge in [-0.2, -0.15) is 0 Å². The number of rotatable bonds is 2. The Morgan fingerprint density at radius 2 is 1.28 bits per heavy atom. The Bertz CT molecular complexity index is 1620. The number of hydrogen-bond donors (Lipinski definition) is 1. The molecule has 0 unspecified atom stereocenters. The average Bonchev–Trinajstić information content (AvgIpc) is 3.18. The Balaban J connectivity index is 1.57. The predicted octanol–water partition coefficient (Wildman–Crippen LogP) is 5.73. The lowest BCUT2D eigenvalue weighted by Gasteiger charge is -2.31.